The van der Waals surface area contributed by atoms with E-state index in [1.807, 2.05) is 13.8 Å². The van der Waals surface area contributed by atoms with E-state index < -0.39 is 10.0 Å². The van der Waals surface area contributed by atoms with E-state index in [-0.39, 0.29) is 11.8 Å². The Morgan fingerprint density at radius 3 is 2.53 bits per heavy atom. The van der Waals surface area contributed by atoms with E-state index in [1.54, 1.807) is 0 Å². The van der Waals surface area contributed by atoms with Gasteiger partial charge in [0.2, 0.25) is 10.0 Å². The van der Waals surface area contributed by atoms with Crippen LogP contribution in [0.5, 0.6) is 0 Å². The second-order valence-electron chi connectivity index (χ2n) is 4.86. The van der Waals surface area contributed by atoms with Gasteiger partial charge < -0.3 is 5.32 Å². The highest BCUT2D eigenvalue weighted by Gasteiger charge is 2.26. The zero-order chi connectivity index (χ0) is 11.5. The minimum absolute atomic E-state index is 0.0714. The summed E-state index contributed by atoms with van der Waals surface area (Å²) in [6.45, 7) is 7.79. The van der Waals surface area contributed by atoms with Crippen LogP contribution in [0.1, 0.15) is 27.2 Å². The fraction of sp³-hybridized carbons (Fsp3) is 1.00. The Morgan fingerprint density at radius 1 is 1.40 bits per heavy atom. The van der Waals surface area contributed by atoms with Gasteiger partial charge in [0, 0.05) is 12.6 Å². The van der Waals surface area contributed by atoms with E-state index in [1.165, 1.54) is 0 Å². The standard InChI is InChI=1S/C10H22N2O2S/c1-8(2)4-5-15(13,14)12-10-7-11-6-9(10)3/h8-12H,4-7H2,1-3H3. The first-order valence-electron chi connectivity index (χ1n) is 5.61. The maximum atomic E-state index is 11.7. The molecule has 15 heavy (non-hydrogen) atoms. The van der Waals surface area contributed by atoms with Gasteiger partial charge in [-0.15, -0.1) is 0 Å². The van der Waals surface area contributed by atoms with Gasteiger partial charge in [0.05, 0.1) is 5.75 Å². The molecule has 1 heterocycles. The van der Waals surface area contributed by atoms with Crippen molar-refractivity contribution in [2.75, 3.05) is 18.8 Å². The number of nitrogens with one attached hydrogen (secondary N) is 2. The SMILES string of the molecule is CC(C)CCS(=O)(=O)NC1CNCC1C. The normalized spacial score (nSPS) is 27.5. The lowest BCUT2D eigenvalue weighted by atomic mass is 10.1. The van der Waals surface area contributed by atoms with Crippen molar-refractivity contribution < 1.29 is 8.42 Å². The second kappa shape index (κ2) is 5.27. The van der Waals surface area contributed by atoms with Crippen LogP contribution in [-0.2, 0) is 10.0 Å². The summed E-state index contributed by atoms with van der Waals surface area (Å²) in [5.41, 5.74) is 0. The molecular weight excluding hydrogens is 212 g/mol. The van der Waals surface area contributed by atoms with E-state index in [4.69, 9.17) is 0 Å². The number of sulfonamides is 1. The maximum absolute atomic E-state index is 11.7. The van der Waals surface area contributed by atoms with Gasteiger partial charge in [0.1, 0.15) is 0 Å². The Balaban J connectivity index is 2.41. The van der Waals surface area contributed by atoms with Crippen molar-refractivity contribution in [3.8, 4) is 0 Å². The second-order valence-corrected chi connectivity index (χ2v) is 6.73. The highest BCUT2D eigenvalue weighted by molar-refractivity contribution is 7.89. The average Bonchev–Trinajstić information content (AvgIpc) is 2.48. The maximum Gasteiger partial charge on any atom is 0.211 e. The lowest BCUT2D eigenvalue weighted by Gasteiger charge is -2.16. The van der Waals surface area contributed by atoms with Crippen molar-refractivity contribution in [3.63, 3.8) is 0 Å². The number of hydrogen-bond acceptors (Lipinski definition) is 3. The van der Waals surface area contributed by atoms with Gasteiger partial charge in [-0.2, -0.15) is 0 Å². The Labute approximate surface area is 92.9 Å². The van der Waals surface area contributed by atoms with Gasteiger partial charge in [0.25, 0.3) is 0 Å². The van der Waals surface area contributed by atoms with Gasteiger partial charge >= 0.3 is 0 Å². The summed E-state index contributed by atoms with van der Waals surface area (Å²) in [4.78, 5) is 0. The first-order valence-corrected chi connectivity index (χ1v) is 7.26. The van der Waals surface area contributed by atoms with Gasteiger partial charge in [-0.25, -0.2) is 13.1 Å². The van der Waals surface area contributed by atoms with Crippen LogP contribution in [0.2, 0.25) is 0 Å². The molecule has 0 aromatic heterocycles. The topological polar surface area (TPSA) is 58.2 Å². The molecule has 0 aliphatic carbocycles. The van der Waals surface area contributed by atoms with E-state index in [0.717, 1.165) is 19.5 Å². The minimum Gasteiger partial charge on any atom is -0.315 e. The van der Waals surface area contributed by atoms with Crippen LogP contribution >= 0.6 is 0 Å². The van der Waals surface area contributed by atoms with E-state index in [0.29, 0.717) is 11.8 Å². The minimum atomic E-state index is -3.08. The monoisotopic (exact) mass is 234 g/mol. The summed E-state index contributed by atoms with van der Waals surface area (Å²) in [7, 11) is -3.08. The molecule has 0 aromatic carbocycles. The number of rotatable bonds is 5. The molecule has 2 atom stereocenters. The van der Waals surface area contributed by atoms with Gasteiger partial charge in [-0.1, -0.05) is 20.8 Å². The third-order valence-corrected chi connectivity index (χ3v) is 4.25. The molecule has 1 aliphatic heterocycles. The summed E-state index contributed by atoms with van der Waals surface area (Å²) < 4.78 is 26.2. The molecule has 0 bridgehead atoms. The summed E-state index contributed by atoms with van der Waals surface area (Å²) in [6, 6.07) is 0.0714. The highest BCUT2D eigenvalue weighted by atomic mass is 32.2. The molecule has 0 spiro atoms. The lowest BCUT2D eigenvalue weighted by Crippen LogP contribution is -2.40. The first-order chi connectivity index (χ1) is 6.91. The molecule has 1 rings (SSSR count). The Kier molecular flexibility index (Phi) is 4.55. The van der Waals surface area contributed by atoms with Gasteiger partial charge in [-0.05, 0) is 24.8 Å². The predicted octanol–water partition coefficient (Wildman–Crippen LogP) is 0.560. The fourth-order valence-corrected chi connectivity index (χ4v) is 3.32. The summed E-state index contributed by atoms with van der Waals surface area (Å²) in [5, 5.41) is 3.18. The highest BCUT2D eigenvalue weighted by Crippen LogP contribution is 2.10. The first kappa shape index (κ1) is 12.9. The summed E-state index contributed by atoms with van der Waals surface area (Å²) >= 11 is 0. The van der Waals surface area contributed by atoms with Gasteiger partial charge in [-0.3, -0.25) is 0 Å². The van der Waals surface area contributed by atoms with E-state index in [9.17, 15) is 8.42 Å². The molecule has 0 amide bonds. The van der Waals surface area contributed by atoms with Crippen LogP contribution in [0.4, 0.5) is 0 Å². The molecule has 1 saturated heterocycles. The third kappa shape index (κ3) is 4.49. The van der Waals surface area contributed by atoms with Crippen molar-refractivity contribution in [1.29, 1.82) is 0 Å². The molecule has 0 saturated carbocycles. The molecule has 5 heteroatoms. The van der Waals surface area contributed by atoms with Crippen LogP contribution in [0, 0.1) is 11.8 Å². The lowest BCUT2D eigenvalue weighted by molar-refractivity contribution is 0.498. The van der Waals surface area contributed by atoms with E-state index in [2.05, 4.69) is 17.0 Å². The van der Waals surface area contributed by atoms with Crippen LogP contribution in [0.15, 0.2) is 0 Å². The van der Waals surface area contributed by atoms with Crippen LogP contribution < -0.4 is 10.0 Å². The zero-order valence-corrected chi connectivity index (χ0v) is 10.6. The Bertz CT molecular complexity index is 288. The largest absolute Gasteiger partial charge is 0.315 e. The van der Waals surface area contributed by atoms with Crippen molar-refractivity contribution in [2.45, 2.75) is 33.2 Å². The predicted molar refractivity (Wildman–Crippen MR) is 62.2 cm³/mol. The molecular formula is C10H22N2O2S. The zero-order valence-electron chi connectivity index (χ0n) is 9.79. The number of hydrogen-bond donors (Lipinski definition) is 2. The molecule has 2 unspecified atom stereocenters. The quantitative estimate of drug-likeness (QED) is 0.731. The summed E-state index contributed by atoms with van der Waals surface area (Å²) in [5.74, 6) is 1.06. The van der Waals surface area contributed by atoms with E-state index >= 15 is 0 Å². The van der Waals surface area contributed by atoms with Crippen molar-refractivity contribution >= 4 is 10.0 Å². The van der Waals surface area contributed by atoms with Crippen molar-refractivity contribution in [2.24, 2.45) is 11.8 Å². The van der Waals surface area contributed by atoms with Crippen molar-refractivity contribution in [3.05, 3.63) is 0 Å². The summed E-state index contributed by atoms with van der Waals surface area (Å²) in [6.07, 6.45) is 0.726. The van der Waals surface area contributed by atoms with Crippen LogP contribution in [-0.4, -0.2) is 33.3 Å². The Hall–Kier alpha value is -0.130. The van der Waals surface area contributed by atoms with Gasteiger partial charge in [0.15, 0.2) is 0 Å². The van der Waals surface area contributed by atoms with Crippen LogP contribution in [0.25, 0.3) is 0 Å². The van der Waals surface area contributed by atoms with Crippen LogP contribution in [0.3, 0.4) is 0 Å². The molecule has 0 radical (unpaired) electrons. The molecule has 90 valence electrons. The Morgan fingerprint density at radius 2 is 2.07 bits per heavy atom. The smallest absolute Gasteiger partial charge is 0.211 e. The molecule has 1 aliphatic rings. The molecule has 4 nitrogen and oxygen atoms in total. The molecule has 1 fully saturated rings. The third-order valence-electron chi connectivity index (χ3n) is 2.81. The molecule has 0 aromatic rings. The van der Waals surface area contributed by atoms with Crippen molar-refractivity contribution in [1.82, 2.24) is 10.0 Å². The average molecular weight is 234 g/mol. The fourth-order valence-electron chi connectivity index (χ4n) is 1.65. The molecule has 2 N–H and O–H groups in total.